The Morgan fingerprint density at radius 1 is 1.26 bits per heavy atom. The number of β-lactam (4-membered cyclic amide) rings is 1. The summed E-state index contributed by atoms with van der Waals surface area (Å²) in [5, 5.41) is 26.4. The van der Waals surface area contributed by atoms with Gasteiger partial charge in [-0.3, -0.25) is 24.1 Å². The summed E-state index contributed by atoms with van der Waals surface area (Å²) in [6.07, 6.45) is 0.0966. The molecule has 1 aromatic rings. The number of rotatable bonds is 8. The Morgan fingerprint density at radius 2 is 1.98 bits per heavy atom. The van der Waals surface area contributed by atoms with Crippen molar-refractivity contribution in [2.75, 3.05) is 38.0 Å². The van der Waals surface area contributed by atoms with Crippen molar-refractivity contribution in [2.24, 2.45) is 16.0 Å². The number of fused-ring (bicyclic) bond motifs is 1. The van der Waals surface area contributed by atoms with Crippen LogP contribution in [0.5, 0.6) is 0 Å². The number of carbonyl (C=O) groups is 5. The summed E-state index contributed by atoms with van der Waals surface area (Å²) in [6, 6.07) is -1.01. The van der Waals surface area contributed by atoms with Gasteiger partial charge in [-0.05, 0) is 40.5 Å². The summed E-state index contributed by atoms with van der Waals surface area (Å²) >= 11 is 2.18. The molecule has 4 heterocycles. The van der Waals surface area contributed by atoms with Crippen LogP contribution in [-0.2, 0) is 33.4 Å². The molecule has 16 nitrogen and oxygen atoms in total. The zero-order valence-electron chi connectivity index (χ0n) is 24.0. The van der Waals surface area contributed by atoms with E-state index in [2.05, 4.69) is 15.5 Å². The highest BCUT2D eigenvalue weighted by molar-refractivity contribution is 8.00. The molecule has 1 aromatic heterocycles. The molecule has 3 amide bonds. The van der Waals surface area contributed by atoms with E-state index in [1.165, 1.54) is 17.2 Å². The molecule has 3 unspecified atom stereocenters. The third-order valence-corrected chi connectivity index (χ3v) is 9.50. The number of esters is 2. The van der Waals surface area contributed by atoms with Crippen LogP contribution in [0.3, 0.4) is 0 Å². The normalized spacial score (nSPS) is 27.2. The van der Waals surface area contributed by atoms with Gasteiger partial charge in [-0.1, -0.05) is 5.16 Å². The standard InChI is InChI=1S/C25H34N6O10S2/c1-23(2,3)19(34)40-12-41-20(35)25(10-39-22(36)31-7-5-6-24(31,4)37)9-30-17(33)15(18(30)43-11-25)28-16(32)14(29-38)13-8-42-21(26)27-13/h8,15,18,37-38H,5-7,9-12H2,1-4H3,(H2,26,27)(H,28,32)/t15?,18-,24?,25?/m1/s1. The number of thioether (sulfide) groups is 1. The zero-order valence-corrected chi connectivity index (χ0v) is 25.7. The average Bonchev–Trinajstić information content (AvgIpc) is 3.53. The molecule has 3 saturated heterocycles. The van der Waals surface area contributed by atoms with Gasteiger partial charge in [0.05, 0.1) is 5.41 Å². The third-order valence-electron chi connectivity index (χ3n) is 7.24. The van der Waals surface area contributed by atoms with Gasteiger partial charge in [-0.2, -0.15) is 0 Å². The fourth-order valence-electron chi connectivity index (χ4n) is 4.74. The maximum absolute atomic E-state index is 13.4. The molecule has 0 radical (unpaired) electrons. The van der Waals surface area contributed by atoms with E-state index in [0.717, 1.165) is 28.0 Å². The molecular formula is C25H34N6O10S2. The van der Waals surface area contributed by atoms with Crippen LogP contribution in [0.1, 0.15) is 46.2 Å². The molecule has 3 fully saturated rings. The lowest BCUT2D eigenvalue weighted by Crippen LogP contribution is -2.74. The second-order valence-corrected chi connectivity index (χ2v) is 13.7. The summed E-state index contributed by atoms with van der Waals surface area (Å²) in [7, 11) is 0. The minimum Gasteiger partial charge on any atom is -0.448 e. The van der Waals surface area contributed by atoms with Gasteiger partial charge in [-0.25, -0.2) is 9.78 Å². The number of nitrogen functional groups attached to an aromatic ring is 1. The molecule has 18 heteroatoms. The lowest BCUT2D eigenvalue weighted by Gasteiger charge is -2.53. The van der Waals surface area contributed by atoms with E-state index in [0.29, 0.717) is 12.8 Å². The van der Waals surface area contributed by atoms with Crippen molar-refractivity contribution in [3.63, 3.8) is 0 Å². The highest BCUT2D eigenvalue weighted by Gasteiger charge is 2.59. The molecule has 3 aliphatic heterocycles. The smallest absolute Gasteiger partial charge is 0.412 e. The van der Waals surface area contributed by atoms with E-state index in [4.69, 9.17) is 19.9 Å². The van der Waals surface area contributed by atoms with E-state index in [1.807, 2.05) is 0 Å². The van der Waals surface area contributed by atoms with Gasteiger partial charge >= 0.3 is 18.0 Å². The van der Waals surface area contributed by atoms with Crippen molar-refractivity contribution in [3.05, 3.63) is 11.1 Å². The number of nitrogens with one attached hydrogen (secondary N) is 1. The summed E-state index contributed by atoms with van der Waals surface area (Å²) in [4.78, 5) is 70.7. The summed E-state index contributed by atoms with van der Waals surface area (Å²) in [6.45, 7) is 5.26. The first-order valence-corrected chi connectivity index (χ1v) is 15.2. The lowest BCUT2D eigenvalue weighted by atomic mass is 9.88. The number of likely N-dealkylation sites (tertiary alicyclic amines) is 1. The highest BCUT2D eigenvalue weighted by Crippen LogP contribution is 2.43. The Labute approximate surface area is 254 Å². The molecule has 4 atom stereocenters. The maximum atomic E-state index is 13.4. The van der Waals surface area contributed by atoms with Crippen molar-refractivity contribution >= 4 is 63.8 Å². The number of hydrogen-bond acceptors (Lipinski definition) is 15. The lowest BCUT2D eigenvalue weighted by molar-refractivity contribution is -0.182. The summed E-state index contributed by atoms with van der Waals surface area (Å²) in [5.74, 6) is -2.84. The molecule has 43 heavy (non-hydrogen) atoms. The number of amides is 3. The number of aliphatic hydroxyl groups is 1. The largest absolute Gasteiger partial charge is 0.448 e. The number of carbonyl (C=O) groups excluding carboxylic acids is 5. The minimum atomic E-state index is -1.54. The number of anilines is 1. The van der Waals surface area contributed by atoms with E-state index in [9.17, 15) is 34.3 Å². The first-order chi connectivity index (χ1) is 20.1. The summed E-state index contributed by atoms with van der Waals surface area (Å²) in [5.41, 5.74) is 1.42. The van der Waals surface area contributed by atoms with Gasteiger partial charge in [0.25, 0.3) is 5.91 Å². The Bertz CT molecular complexity index is 1330. The monoisotopic (exact) mass is 642 g/mol. The molecule has 0 saturated carbocycles. The van der Waals surface area contributed by atoms with Crippen molar-refractivity contribution in [3.8, 4) is 0 Å². The van der Waals surface area contributed by atoms with Crippen LogP contribution in [0.25, 0.3) is 0 Å². The second-order valence-electron chi connectivity index (χ2n) is 11.7. The quantitative estimate of drug-likeness (QED) is 0.0750. The fraction of sp³-hybridized carbons (Fsp3) is 0.640. The number of nitrogens with two attached hydrogens (primary N) is 1. The van der Waals surface area contributed by atoms with Crippen LogP contribution < -0.4 is 11.1 Å². The van der Waals surface area contributed by atoms with Crippen LogP contribution in [0.2, 0.25) is 0 Å². The van der Waals surface area contributed by atoms with Gasteiger partial charge in [0.2, 0.25) is 12.7 Å². The zero-order chi connectivity index (χ0) is 31.7. The summed E-state index contributed by atoms with van der Waals surface area (Å²) < 4.78 is 15.8. The topological polar surface area (TPSA) is 223 Å². The molecule has 236 valence electrons. The van der Waals surface area contributed by atoms with Crippen molar-refractivity contribution in [1.82, 2.24) is 20.1 Å². The molecule has 0 spiro atoms. The molecule has 0 aromatic carbocycles. The van der Waals surface area contributed by atoms with Crippen LogP contribution in [0, 0.1) is 10.8 Å². The molecule has 4 rings (SSSR count). The molecule has 5 N–H and O–H groups in total. The van der Waals surface area contributed by atoms with E-state index < -0.39 is 76.9 Å². The Morgan fingerprint density at radius 3 is 2.56 bits per heavy atom. The number of aromatic nitrogens is 1. The van der Waals surface area contributed by atoms with Crippen LogP contribution in [0.4, 0.5) is 9.93 Å². The Kier molecular flexibility index (Phi) is 9.13. The van der Waals surface area contributed by atoms with Gasteiger partial charge in [-0.15, -0.1) is 23.1 Å². The van der Waals surface area contributed by atoms with E-state index >= 15 is 0 Å². The Hall–Kier alpha value is -3.64. The van der Waals surface area contributed by atoms with Gasteiger partial charge in [0.1, 0.15) is 34.9 Å². The van der Waals surface area contributed by atoms with E-state index in [-0.39, 0.29) is 29.7 Å². The number of hydrogen-bond donors (Lipinski definition) is 4. The SMILES string of the molecule is CC(C)(C)C(=O)OCOC(=O)C1(COC(=O)N2CCCC2(C)O)CS[C@@H]2C(NC(=O)C(=NO)c3csc(N)n3)C(=O)N2C1. The van der Waals surface area contributed by atoms with Crippen molar-refractivity contribution in [1.29, 1.82) is 0 Å². The maximum Gasteiger partial charge on any atom is 0.412 e. The highest BCUT2D eigenvalue weighted by atomic mass is 32.2. The first-order valence-electron chi connectivity index (χ1n) is 13.3. The van der Waals surface area contributed by atoms with Gasteiger partial charge in [0, 0.05) is 24.2 Å². The minimum absolute atomic E-state index is 0.00705. The van der Waals surface area contributed by atoms with Crippen molar-refractivity contribution in [2.45, 2.75) is 57.7 Å². The third kappa shape index (κ3) is 6.65. The molecule has 0 aliphatic carbocycles. The molecule has 3 aliphatic rings. The van der Waals surface area contributed by atoms with Gasteiger partial charge in [0.15, 0.2) is 10.8 Å². The van der Waals surface area contributed by atoms with Crippen LogP contribution >= 0.6 is 23.1 Å². The van der Waals surface area contributed by atoms with Crippen LogP contribution in [-0.4, -0.2) is 110 Å². The second kappa shape index (κ2) is 12.2. The number of oxime groups is 1. The van der Waals surface area contributed by atoms with Crippen LogP contribution in [0.15, 0.2) is 10.5 Å². The number of ether oxygens (including phenoxy) is 3. The number of thiazole rings is 1. The van der Waals surface area contributed by atoms with Crippen molar-refractivity contribution < 1.29 is 48.5 Å². The average molecular weight is 643 g/mol. The molecule has 0 bridgehead atoms. The predicted octanol–water partition coefficient (Wildman–Crippen LogP) is 0.321. The fourth-order valence-corrected chi connectivity index (χ4v) is 6.80. The van der Waals surface area contributed by atoms with E-state index in [1.54, 1.807) is 20.8 Å². The molecular weight excluding hydrogens is 608 g/mol. The predicted molar refractivity (Wildman–Crippen MR) is 152 cm³/mol. The van der Waals surface area contributed by atoms with Gasteiger partial charge < -0.3 is 40.5 Å². The Balaban J connectivity index is 1.45. The number of nitrogens with zero attached hydrogens (tertiary/aromatic N) is 4. The first kappa shape index (κ1) is 32.3.